The quantitative estimate of drug-likeness (QED) is 0.594. The molecule has 0 aromatic heterocycles. The molecule has 0 fully saturated rings. The molecule has 5 nitrogen and oxygen atoms in total. The highest BCUT2D eigenvalue weighted by Crippen LogP contribution is 2.21. The number of anilines is 2. The highest BCUT2D eigenvalue weighted by atomic mass is 32.2. The smallest absolute Gasteiger partial charge is 0.340 e. The molecule has 0 radical (unpaired) electrons. The third-order valence-electron chi connectivity index (χ3n) is 2.78. The molecule has 0 spiro atoms. The second-order valence-electron chi connectivity index (χ2n) is 4.64. The van der Waals surface area contributed by atoms with Gasteiger partial charge in [-0.1, -0.05) is 0 Å². The number of carbonyl (C=O) groups is 1. The third-order valence-corrected chi connectivity index (χ3v) is 3.59. The van der Waals surface area contributed by atoms with Crippen LogP contribution in [0.15, 0.2) is 18.2 Å². The average Bonchev–Trinajstić information content (AvgIpc) is 2.38. The Labute approximate surface area is 122 Å². The fourth-order valence-corrected chi connectivity index (χ4v) is 2.43. The molecule has 1 aromatic rings. The highest BCUT2D eigenvalue weighted by molar-refractivity contribution is 7.84. The summed E-state index contributed by atoms with van der Waals surface area (Å²) < 4.78 is 16.1. The number of rotatable bonds is 7. The first kappa shape index (κ1) is 16.5. The standard InChI is InChI=1S/C14H22N2O3S/c1-4-19-14(17)12-9-11(15)5-6-13(12)16-10(2)7-8-20(3)18/h5-6,9-10,16H,4,7-8,15H2,1-3H3. The van der Waals surface area contributed by atoms with Gasteiger partial charge in [-0.15, -0.1) is 0 Å². The summed E-state index contributed by atoms with van der Waals surface area (Å²) in [5.41, 5.74) is 7.34. The average molecular weight is 298 g/mol. The number of hydrogen-bond donors (Lipinski definition) is 2. The van der Waals surface area contributed by atoms with Crippen LogP contribution in [-0.4, -0.2) is 34.8 Å². The molecule has 3 N–H and O–H groups in total. The van der Waals surface area contributed by atoms with Gasteiger partial charge < -0.3 is 15.8 Å². The maximum atomic E-state index is 11.9. The summed E-state index contributed by atoms with van der Waals surface area (Å²) in [7, 11) is -0.817. The van der Waals surface area contributed by atoms with E-state index in [0.717, 1.165) is 6.42 Å². The van der Waals surface area contributed by atoms with Gasteiger partial charge in [0.15, 0.2) is 0 Å². The molecule has 112 valence electrons. The van der Waals surface area contributed by atoms with E-state index < -0.39 is 16.8 Å². The zero-order valence-electron chi connectivity index (χ0n) is 12.1. The van der Waals surface area contributed by atoms with Crippen LogP contribution in [-0.2, 0) is 15.5 Å². The second-order valence-corrected chi connectivity index (χ2v) is 6.19. The predicted molar refractivity (Wildman–Crippen MR) is 83.4 cm³/mol. The maximum Gasteiger partial charge on any atom is 0.340 e. The summed E-state index contributed by atoms with van der Waals surface area (Å²) in [6.45, 7) is 4.06. The Kier molecular flexibility index (Phi) is 6.51. The van der Waals surface area contributed by atoms with E-state index in [4.69, 9.17) is 10.5 Å². The van der Waals surface area contributed by atoms with Crippen LogP contribution in [0.3, 0.4) is 0 Å². The fraction of sp³-hybridized carbons (Fsp3) is 0.500. The van der Waals surface area contributed by atoms with E-state index >= 15 is 0 Å². The number of esters is 1. The van der Waals surface area contributed by atoms with Gasteiger partial charge in [0.25, 0.3) is 0 Å². The molecule has 0 aliphatic rings. The number of nitrogens with two attached hydrogens (primary N) is 1. The summed E-state index contributed by atoms with van der Waals surface area (Å²) >= 11 is 0. The van der Waals surface area contributed by atoms with Crippen LogP contribution in [0.25, 0.3) is 0 Å². The van der Waals surface area contributed by atoms with Gasteiger partial charge in [-0.3, -0.25) is 4.21 Å². The molecular weight excluding hydrogens is 276 g/mol. The van der Waals surface area contributed by atoms with Crippen LogP contribution in [0.1, 0.15) is 30.6 Å². The Morgan fingerprint density at radius 2 is 2.20 bits per heavy atom. The number of ether oxygens (including phenoxy) is 1. The molecule has 0 bridgehead atoms. The van der Waals surface area contributed by atoms with Crippen LogP contribution < -0.4 is 11.1 Å². The summed E-state index contributed by atoms with van der Waals surface area (Å²) in [6.07, 6.45) is 2.44. The molecule has 0 aliphatic heterocycles. The summed E-state index contributed by atoms with van der Waals surface area (Å²) in [5.74, 6) is 0.228. The predicted octanol–water partition coefficient (Wildman–Crippen LogP) is 2.01. The van der Waals surface area contributed by atoms with Crippen molar-refractivity contribution in [3.05, 3.63) is 23.8 Å². The number of hydrogen-bond acceptors (Lipinski definition) is 5. The Bertz CT molecular complexity index is 491. The summed E-state index contributed by atoms with van der Waals surface area (Å²) in [5, 5.41) is 3.24. The third kappa shape index (κ3) is 5.21. The molecule has 20 heavy (non-hydrogen) atoms. The molecular formula is C14H22N2O3S. The maximum absolute atomic E-state index is 11.9. The summed E-state index contributed by atoms with van der Waals surface area (Å²) in [4.78, 5) is 11.9. The van der Waals surface area contributed by atoms with Crippen molar-refractivity contribution in [2.24, 2.45) is 0 Å². The van der Waals surface area contributed by atoms with Crippen molar-refractivity contribution in [3.63, 3.8) is 0 Å². The molecule has 6 heteroatoms. The first-order valence-electron chi connectivity index (χ1n) is 6.57. The van der Waals surface area contributed by atoms with E-state index in [1.807, 2.05) is 6.92 Å². The van der Waals surface area contributed by atoms with Gasteiger partial charge in [0.05, 0.1) is 12.2 Å². The Hall–Kier alpha value is -1.56. The lowest BCUT2D eigenvalue weighted by molar-refractivity contribution is 0.0527. The van der Waals surface area contributed by atoms with E-state index in [2.05, 4.69) is 5.32 Å². The van der Waals surface area contributed by atoms with Gasteiger partial charge >= 0.3 is 5.97 Å². The number of benzene rings is 1. The highest BCUT2D eigenvalue weighted by Gasteiger charge is 2.14. The van der Waals surface area contributed by atoms with Crippen molar-refractivity contribution in [2.75, 3.05) is 29.7 Å². The van der Waals surface area contributed by atoms with Gasteiger partial charge in [-0.2, -0.15) is 0 Å². The molecule has 1 aromatic carbocycles. The van der Waals surface area contributed by atoms with Gasteiger partial charge in [0.1, 0.15) is 0 Å². The first-order valence-corrected chi connectivity index (χ1v) is 8.30. The Balaban J connectivity index is 2.83. The molecule has 0 saturated carbocycles. The van der Waals surface area contributed by atoms with Crippen LogP contribution >= 0.6 is 0 Å². The van der Waals surface area contributed by atoms with Gasteiger partial charge in [0, 0.05) is 40.2 Å². The van der Waals surface area contributed by atoms with Crippen molar-refractivity contribution < 1.29 is 13.7 Å². The lowest BCUT2D eigenvalue weighted by Crippen LogP contribution is -2.20. The molecule has 0 amide bonds. The van der Waals surface area contributed by atoms with E-state index in [0.29, 0.717) is 29.3 Å². The number of nitrogen functional groups attached to an aromatic ring is 1. The van der Waals surface area contributed by atoms with Crippen molar-refractivity contribution in [1.29, 1.82) is 0 Å². The number of nitrogens with one attached hydrogen (secondary N) is 1. The Morgan fingerprint density at radius 1 is 1.50 bits per heavy atom. The second kappa shape index (κ2) is 7.89. The number of carbonyl (C=O) groups excluding carboxylic acids is 1. The van der Waals surface area contributed by atoms with Crippen molar-refractivity contribution >= 4 is 28.1 Å². The SMILES string of the molecule is CCOC(=O)c1cc(N)ccc1NC(C)CCS(C)=O. The zero-order chi connectivity index (χ0) is 15.1. The normalized spacial score (nSPS) is 13.6. The topological polar surface area (TPSA) is 81.4 Å². The minimum absolute atomic E-state index is 0.107. The molecule has 0 saturated heterocycles. The monoisotopic (exact) mass is 298 g/mol. The minimum Gasteiger partial charge on any atom is -0.462 e. The van der Waals surface area contributed by atoms with E-state index in [-0.39, 0.29) is 6.04 Å². The first-order chi connectivity index (χ1) is 9.43. The van der Waals surface area contributed by atoms with E-state index in [1.165, 1.54) is 0 Å². The lowest BCUT2D eigenvalue weighted by atomic mass is 10.1. The zero-order valence-corrected chi connectivity index (χ0v) is 13.0. The van der Waals surface area contributed by atoms with Crippen LogP contribution in [0.2, 0.25) is 0 Å². The van der Waals surface area contributed by atoms with Crippen LogP contribution in [0.4, 0.5) is 11.4 Å². The molecule has 2 unspecified atom stereocenters. The summed E-state index contributed by atoms with van der Waals surface area (Å²) in [6, 6.07) is 5.21. The van der Waals surface area contributed by atoms with Crippen molar-refractivity contribution in [3.8, 4) is 0 Å². The largest absolute Gasteiger partial charge is 0.462 e. The van der Waals surface area contributed by atoms with Crippen LogP contribution in [0, 0.1) is 0 Å². The fourth-order valence-electron chi connectivity index (χ4n) is 1.75. The van der Waals surface area contributed by atoms with Crippen LogP contribution in [0.5, 0.6) is 0 Å². The molecule has 1 rings (SSSR count). The molecule has 2 atom stereocenters. The minimum atomic E-state index is -0.817. The molecule has 0 heterocycles. The lowest BCUT2D eigenvalue weighted by Gasteiger charge is -2.17. The van der Waals surface area contributed by atoms with E-state index in [1.54, 1.807) is 31.4 Å². The van der Waals surface area contributed by atoms with Gasteiger partial charge in [-0.05, 0) is 38.5 Å². The van der Waals surface area contributed by atoms with E-state index in [9.17, 15) is 9.00 Å². The van der Waals surface area contributed by atoms with Gasteiger partial charge in [-0.25, -0.2) is 4.79 Å². The molecule has 0 aliphatic carbocycles. The van der Waals surface area contributed by atoms with Crippen molar-refractivity contribution in [2.45, 2.75) is 26.3 Å². The Morgan fingerprint density at radius 3 is 2.80 bits per heavy atom. The van der Waals surface area contributed by atoms with Crippen molar-refractivity contribution in [1.82, 2.24) is 0 Å². The van der Waals surface area contributed by atoms with Gasteiger partial charge in [0.2, 0.25) is 0 Å².